The summed E-state index contributed by atoms with van der Waals surface area (Å²) in [7, 11) is 1.62. The Morgan fingerprint density at radius 2 is 1.64 bits per heavy atom. The van der Waals surface area contributed by atoms with Crippen molar-refractivity contribution in [2.75, 3.05) is 7.11 Å². The molecule has 1 heterocycles. The second-order valence-electron chi connectivity index (χ2n) is 6.65. The average molecular weight is 368 g/mol. The maximum atomic E-state index is 12.9. The number of hydrogen-bond acceptors (Lipinski definition) is 3. The quantitative estimate of drug-likeness (QED) is 0.418. The number of benzene rings is 3. The van der Waals surface area contributed by atoms with Gasteiger partial charge in [-0.05, 0) is 41.8 Å². The van der Waals surface area contributed by atoms with E-state index < -0.39 is 0 Å². The molecule has 3 heteroatoms. The average Bonchev–Trinajstić information content (AvgIpc) is 2.72. The van der Waals surface area contributed by atoms with Gasteiger partial charge in [0.1, 0.15) is 11.3 Å². The summed E-state index contributed by atoms with van der Waals surface area (Å²) in [5, 5.41) is 0.906. The first-order valence-corrected chi connectivity index (χ1v) is 9.11. The number of ether oxygens (including phenoxy) is 1. The van der Waals surface area contributed by atoms with Crippen LogP contribution in [0.1, 0.15) is 16.7 Å². The Morgan fingerprint density at radius 3 is 2.36 bits per heavy atom. The Bertz CT molecular complexity index is 1200. The highest BCUT2D eigenvalue weighted by atomic mass is 16.5. The first-order chi connectivity index (χ1) is 13.7. The van der Waals surface area contributed by atoms with Crippen molar-refractivity contribution < 1.29 is 9.15 Å². The van der Waals surface area contributed by atoms with E-state index in [0.717, 1.165) is 33.4 Å². The van der Waals surface area contributed by atoms with Gasteiger partial charge in [-0.3, -0.25) is 0 Å². The van der Waals surface area contributed by atoms with E-state index in [1.807, 2.05) is 91.9 Å². The normalized spacial score (nSPS) is 11.2. The summed E-state index contributed by atoms with van der Waals surface area (Å²) < 4.78 is 10.9. The molecule has 0 atom stereocenters. The fraction of sp³-hybridized carbons (Fsp3) is 0.0800. The zero-order chi connectivity index (χ0) is 19.5. The molecule has 0 aliphatic carbocycles. The molecule has 1 aromatic heterocycles. The highest BCUT2D eigenvalue weighted by Gasteiger charge is 2.15. The van der Waals surface area contributed by atoms with E-state index in [0.29, 0.717) is 11.1 Å². The number of methoxy groups -OCH3 is 1. The number of hydrogen-bond donors (Lipinski definition) is 0. The van der Waals surface area contributed by atoms with Crippen molar-refractivity contribution in [3.05, 3.63) is 99.9 Å². The summed E-state index contributed by atoms with van der Waals surface area (Å²) in [6.07, 6.45) is 4.00. The molecule has 0 aliphatic rings. The summed E-state index contributed by atoms with van der Waals surface area (Å²) in [6, 6.07) is 23.4. The van der Waals surface area contributed by atoms with Crippen molar-refractivity contribution >= 4 is 23.1 Å². The standard InChI is InChI=1S/C25H20O3/c1-17-8-14-21-22(15-9-18-6-4-3-5-7-18)24(25(26)28-23(21)16-17)19-10-12-20(27-2)13-11-19/h3-16H,1-2H3/b15-9+. The summed E-state index contributed by atoms with van der Waals surface area (Å²) in [6.45, 7) is 1.98. The van der Waals surface area contributed by atoms with Gasteiger partial charge in [-0.1, -0.05) is 66.7 Å². The summed E-state index contributed by atoms with van der Waals surface area (Å²) in [5.74, 6) is 0.742. The molecule has 0 unspecified atom stereocenters. The number of fused-ring (bicyclic) bond motifs is 1. The summed E-state index contributed by atoms with van der Waals surface area (Å²) in [5.41, 5.74) is 4.55. The molecular weight excluding hydrogens is 348 g/mol. The molecule has 4 rings (SSSR count). The van der Waals surface area contributed by atoms with Gasteiger partial charge in [0.05, 0.1) is 12.7 Å². The predicted octanol–water partition coefficient (Wildman–Crippen LogP) is 5.95. The molecule has 0 bridgehead atoms. The van der Waals surface area contributed by atoms with E-state index in [1.54, 1.807) is 7.11 Å². The van der Waals surface area contributed by atoms with Crippen molar-refractivity contribution in [3.8, 4) is 16.9 Å². The van der Waals surface area contributed by atoms with Crippen molar-refractivity contribution in [2.45, 2.75) is 6.92 Å². The second-order valence-corrected chi connectivity index (χ2v) is 6.65. The lowest BCUT2D eigenvalue weighted by Gasteiger charge is -2.10. The van der Waals surface area contributed by atoms with Gasteiger partial charge in [0.2, 0.25) is 0 Å². The maximum Gasteiger partial charge on any atom is 0.344 e. The first kappa shape index (κ1) is 17.8. The minimum Gasteiger partial charge on any atom is -0.497 e. The van der Waals surface area contributed by atoms with Crippen LogP contribution in [0, 0.1) is 6.92 Å². The largest absolute Gasteiger partial charge is 0.497 e. The van der Waals surface area contributed by atoms with Crippen LogP contribution in [0.5, 0.6) is 5.75 Å². The summed E-state index contributed by atoms with van der Waals surface area (Å²) >= 11 is 0. The fourth-order valence-electron chi connectivity index (χ4n) is 3.28. The van der Waals surface area contributed by atoms with E-state index in [9.17, 15) is 4.79 Å². The van der Waals surface area contributed by atoms with Crippen molar-refractivity contribution in [1.82, 2.24) is 0 Å². The van der Waals surface area contributed by atoms with Crippen LogP contribution in [0.4, 0.5) is 0 Å². The van der Waals surface area contributed by atoms with E-state index in [1.165, 1.54) is 0 Å². The molecule has 0 fully saturated rings. The molecule has 3 aromatic carbocycles. The van der Waals surface area contributed by atoms with E-state index >= 15 is 0 Å². The number of aryl methyl sites for hydroxylation is 1. The van der Waals surface area contributed by atoms with Gasteiger partial charge in [-0.15, -0.1) is 0 Å². The van der Waals surface area contributed by atoms with E-state index in [4.69, 9.17) is 9.15 Å². The molecule has 0 spiro atoms. The fourth-order valence-corrected chi connectivity index (χ4v) is 3.28. The highest BCUT2D eigenvalue weighted by molar-refractivity contribution is 5.96. The van der Waals surface area contributed by atoms with Crippen molar-refractivity contribution in [1.29, 1.82) is 0 Å². The number of rotatable bonds is 4. The molecule has 0 radical (unpaired) electrons. The maximum absolute atomic E-state index is 12.9. The van der Waals surface area contributed by atoms with Crippen molar-refractivity contribution in [2.24, 2.45) is 0 Å². The van der Waals surface area contributed by atoms with Gasteiger partial charge in [0, 0.05) is 10.9 Å². The van der Waals surface area contributed by atoms with E-state index in [-0.39, 0.29) is 5.63 Å². The van der Waals surface area contributed by atoms with Crippen LogP contribution >= 0.6 is 0 Å². The van der Waals surface area contributed by atoms with Crippen LogP contribution in [0.3, 0.4) is 0 Å². The third kappa shape index (κ3) is 3.47. The lowest BCUT2D eigenvalue weighted by atomic mass is 9.97. The monoisotopic (exact) mass is 368 g/mol. The van der Waals surface area contributed by atoms with Crippen LogP contribution in [0.2, 0.25) is 0 Å². The molecule has 3 nitrogen and oxygen atoms in total. The van der Waals surface area contributed by atoms with Crippen LogP contribution in [0.15, 0.2) is 82.0 Å². The Balaban J connectivity index is 1.97. The lowest BCUT2D eigenvalue weighted by molar-refractivity contribution is 0.415. The topological polar surface area (TPSA) is 39.4 Å². The molecule has 28 heavy (non-hydrogen) atoms. The zero-order valence-corrected chi connectivity index (χ0v) is 15.8. The molecule has 0 saturated carbocycles. The Morgan fingerprint density at radius 1 is 0.893 bits per heavy atom. The lowest BCUT2D eigenvalue weighted by Crippen LogP contribution is -2.06. The van der Waals surface area contributed by atoms with Crippen LogP contribution in [-0.4, -0.2) is 7.11 Å². The second kappa shape index (κ2) is 7.57. The molecule has 0 saturated heterocycles. The molecule has 0 aliphatic heterocycles. The third-order valence-corrected chi connectivity index (χ3v) is 4.72. The zero-order valence-electron chi connectivity index (χ0n) is 15.8. The Labute approximate surface area is 163 Å². The van der Waals surface area contributed by atoms with Gasteiger partial charge in [-0.2, -0.15) is 0 Å². The van der Waals surface area contributed by atoms with Crippen LogP contribution in [-0.2, 0) is 0 Å². The van der Waals surface area contributed by atoms with Gasteiger partial charge in [0.15, 0.2) is 0 Å². The van der Waals surface area contributed by atoms with Crippen LogP contribution < -0.4 is 10.4 Å². The van der Waals surface area contributed by atoms with Gasteiger partial charge in [-0.25, -0.2) is 4.79 Å². The molecule has 4 aromatic rings. The van der Waals surface area contributed by atoms with Gasteiger partial charge >= 0.3 is 5.63 Å². The predicted molar refractivity (Wildman–Crippen MR) is 115 cm³/mol. The van der Waals surface area contributed by atoms with E-state index in [2.05, 4.69) is 0 Å². The SMILES string of the molecule is COc1ccc(-c2c(/C=C/c3ccccc3)c3ccc(C)cc3oc2=O)cc1. The molecule has 138 valence electrons. The molecule has 0 amide bonds. The minimum atomic E-state index is -0.351. The van der Waals surface area contributed by atoms with Crippen molar-refractivity contribution in [3.63, 3.8) is 0 Å². The third-order valence-electron chi connectivity index (χ3n) is 4.72. The smallest absolute Gasteiger partial charge is 0.344 e. The van der Waals surface area contributed by atoms with Crippen LogP contribution in [0.25, 0.3) is 34.2 Å². The molecule has 0 N–H and O–H groups in total. The van der Waals surface area contributed by atoms with Gasteiger partial charge in [0.25, 0.3) is 0 Å². The molecular formula is C25H20O3. The highest BCUT2D eigenvalue weighted by Crippen LogP contribution is 2.30. The Kier molecular flexibility index (Phi) is 4.81. The summed E-state index contributed by atoms with van der Waals surface area (Å²) in [4.78, 5) is 12.9. The minimum absolute atomic E-state index is 0.351. The first-order valence-electron chi connectivity index (χ1n) is 9.11. The van der Waals surface area contributed by atoms with Gasteiger partial charge < -0.3 is 9.15 Å². The Hall–Kier alpha value is -3.59.